The molecule has 3 rings (SSSR count). The molecule has 4 nitrogen and oxygen atoms in total. The Kier molecular flexibility index (Phi) is 3.41. The summed E-state index contributed by atoms with van der Waals surface area (Å²) in [5.74, 6) is 1.07. The van der Waals surface area contributed by atoms with Gasteiger partial charge in [-0.1, -0.05) is 18.6 Å². The smallest absolute Gasteiger partial charge is 0.159 e. The van der Waals surface area contributed by atoms with Crippen LogP contribution in [0, 0.1) is 6.92 Å². The van der Waals surface area contributed by atoms with Crippen molar-refractivity contribution in [3.05, 3.63) is 23.8 Å². The van der Waals surface area contributed by atoms with Crippen LogP contribution in [0.5, 0.6) is 0 Å². The van der Waals surface area contributed by atoms with Gasteiger partial charge in [0.15, 0.2) is 5.82 Å². The molecule has 1 aliphatic heterocycles. The highest BCUT2D eigenvalue weighted by atomic mass is 32.1. The molecule has 0 atom stereocenters. The molecule has 1 saturated heterocycles. The SMILES string of the molecule is CCN1CCN(c2nn(S)c3ccc(C)cc23)CC1. The van der Waals surface area contributed by atoms with Gasteiger partial charge in [0.1, 0.15) is 0 Å². The zero-order valence-electron chi connectivity index (χ0n) is 11.5. The van der Waals surface area contributed by atoms with E-state index in [0.717, 1.165) is 44.1 Å². The number of thiol groups is 1. The van der Waals surface area contributed by atoms with Gasteiger partial charge in [0.05, 0.1) is 5.52 Å². The first-order valence-electron chi connectivity index (χ1n) is 6.85. The number of likely N-dealkylation sites (N-methyl/N-ethyl adjacent to an activating group) is 1. The quantitative estimate of drug-likeness (QED) is 0.851. The van der Waals surface area contributed by atoms with Crippen molar-refractivity contribution in [2.24, 2.45) is 0 Å². The molecule has 0 radical (unpaired) electrons. The molecule has 0 unspecified atom stereocenters. The van der Waals surface area contributed by atoms with Crippen LogP contribution in [0.1, 0.15) is 12.5 Å². The molecule has 2 aromatic rings. The highest BCUT2D eigenvalue weighted by Gasteiger charge is 2.20. The maximum Gasteiger partial charge on any atom is 0.159 e. The third-order valence-electron chi connectivity index (χ3n) is 3.92. The van der Waals surface area contributed by atoms with Gasteiger partial charge < -0.3 is 9.80 Å². The Morgan fingerprint density at radius 1 is 1.21 bits per heavy atom. The highest BCUT2D eigenvalue weighted by Crippen LogP contribution is 2.28. The molecule has 19 heavy (non-hydrogen) atoms. The van der Waals surface area contributed by atoms with Crippen molar-refractivity contribution in [3.8, 4) is 0 Å². The van der Waals surface area contributed by atoms with E-state index in [-0.39, 0.29) is 0 Å². The fourth-order valence-corrected chi connectivity index (χ4v) is 2.97. The zero-order valence-corrected chi connectivity index (χ0v) is 12.4. The van der Waals surface area contributed by atoms with Gasteiger partial charge in [-0.3, -0.25) is 0 Å². The van der Waals surface area contributed by atoms with E-state index in [1.807, 2.05) is 0 Å². The summed E-state index contributed by atoms with van der Waals surface area (Å²) in [5, 5.41) is 5.80. The maximum absolute atomic E-state index is 4.59. The minimum Gasteiger partial charge on any atom is -0.352 e. The molecule has 0 bridgehead atoms. The van der Waals surface area contributed by atoms with Crippen LogP contribution in [0.4, 0.5) is 5.82 Å². The van der Waals surface area contributed by atoms with E-state index in [1.54, 1.807) is 4.09 Å². The molecule has 1 fully saturated rings. The summed E-state index contributed by atoms with van der Waals surface area (Å²) in [4.78, 5) is 4.85. The molecule has 1 aromatic heterocycles. The minimum atomic E-state index is 1.04. The number of anilines is 1. The first-order valence-corrected chi connectivity index (χ1v) is 7.25. The zero-order chi connectivity index (χ0) is 13.4. The van der Waals surface area contributed by atoms with Gasteiger partial charge >= 0.3 is 0 Å². The highest BCUT2D eigenvalue weighted by molar-refractivity contribution is 7.78. The molecule has 1 aliphatic rings. The topological polar surface area (TPSA) is 24.3 Å². The summed E-state index contributed by atoms with van der Waals surface area (Å²) < 4.78 is 1.69. The van der Waals surface area contributed by atoms with Crippen molar-refractivity contribution in [1.82, 2.24) is 14.1 Å². The van der Waals surface area contributed by atoms with Crippen LogP contribution < -0.4 is 4.90 Å². The van der Waals surface area contributed by atoms with E-state index >= 15 is 0 Å². The normalized spacial score (nSPS) is 17.3. The average molecular weight is 276 g/mol. The lowest BCUT2D eigenvalue weighted by Gasteiger charge is -2.34. The summed E-state index contributed by atoms with van der Waals surface area (Å²) in [6, 6.07) is 6.41. The van der Waals surface area contributed by atoms with Crippen molar-refractivity contribution in [2.75, 3.05) is 37.6 Å². The first-order chi connectivity index (χ1) is 9.19. The molecule has 2 heterocycles. The minimum absolute atomic E-state index is 1.04. The third-order valence-corrected chi connectivity index (χ3v) is 4.22. The van der Waals surface area contributed by atoms with Crippen LogP contribution in [0.25, 0.3) is 10.9 Å². The summed E-state index contributed by atoms with van der Waals surface area (Å²) in [5.41, 5.74) is 2.35. The Labute approximate surface area is 119 Å². The van der Waals surface area contributed by atoms with E-state index < -0.39 is 0 Å². The summed E-state index contributed by atoms with van der Waals surface area (Å²) in [6.07, 6.45) is 0. The molecule has 102 valence electrons. The second-order valence-corrected chi connectivity index (χ2v) is 5.53. The van der Waals surface area contributed by atoms with Crippen LogP contribution in [-0.4, -0.2) is 46.8 Å². The molecule has 0 saturated carbocycles. The number of nitrogens with zero attached hydrogens (tertiary/aromatic N) is 4. The Balaban J connectivity index is 1.95. The second-order valence-electron chi connectivity index (χ2n) is 5.15. The monoisotopic (exact) mass is 276 g/mol. The van der Waals surface area contributed by atoms with E-state index in [2.05, 4.69) is 59.8 Å². The lowest BCUT2D eigenvalue weighted by molar-refractivity contribution is 0.270. The number of fused-ring (bicyclic) bond motifs is 1. The summed E-state index contributed by atoms with van der Waals surface area (Å²) in [6.45, 7) is 9.79. The Morgan fingerprint density at radius 3 is 2.63 bits per heavy atom. The predicted octanol–water partition coefficient (Wildman–Crippen LogP) is 2.18. The van der Waals surface area contributed by atoms with Crippen molar-refractivity contribution in [3.63, 3.8) is 0 Å². The molecule has 5 heteroatoms. The lowest BCUT2D eigenvalue weighted by Crippen LogP contribution is -2.46. The molecular weight excluding hydrogens is 256 g/mol. The molecular formula is C14H20N4S. The molecule has 0 amide bonds. The van der Waals surface area contributed by atoms with Gasteiger partial charge in [0.2, 0.25) is 0 Å². The number of rotatable bonds is 2. The Morgan fingerprint density at radius 2 is 1.95 bits per heavy atom. The number of aryl methyl sites for hydroxylation is 1. The van der Waals surface area contributed by atoms with Gasteiger partial charge in [0, 0.05) is 31.6 Å². The van der Waals surface area contributed by atoms with Crippen molar-refractivity contribution >= 4 is 29.5 Å². The standard InChI is InChI=1S/C14H20N4S/c1-3-16-6-8-17(9-7-16)14-12-10-11(2)4-5-13(12)18(19)15-14/h4-5,10,19H,3,6-9H2,1-2H3. The maximum atomic E-state index is 4.59. The number of aromatic nitrogens is 2. The van der Waals surface area contributed by atoms with Gasteiger partial charge in [-0.05, 0) is 38.4 Å². The van der Waals surface area contributed by atoms with E-state index in [9.17, 15) is 0 Å². The summed E-state index contributed by atoms with van der Waals surface area (Å²) >= 11 is 4.43. The number of hydrogen-bond donors (Lipinski definition) is 1. The number of hydrogen-bond acceptors (Lipinski definition) is 4. The summed E-state index contributed by atoms with van der Waals surface area (Å²) in [7, 11) is 0. The first kappa shape index (κ1) is 12.8. The van der Waals surface area contributed by atoms with Crippen molar-refractivity contribution in [2.45, 2.75) is 13.8 Å². The Hall–Kier alpha value is -1.20. The van der Waals surface area contributed by atoms with Crippen LogP contribution in [0.15, 0.2) is 18.2 Å². The molecule has 0 N–H and O–H groups in total. The van der Waals surface area contributed by atoms with Crippen molar-refractivity contribution < 1.29 is 0 Å². The largest absolute Gasteiger partial charge is 0.352 e. The molecule has 1 aromatic carbocycles. The van der Waals surface area contributed by atoms with Crippen LogP contribution in [0.2, 0.25) is 0 Å². The Bertz CT molecular complexity index is 584. The van der Waals surface area contributed by atoms with Gasteiger partial charge in [-0.25, -0.2) is 4.09 Å². The average Bonchev–Trinajstić information content (AvgIpc) is 2.75. The van der Waals surface area contributed by atoms with Gasteiger partial charge in [-0.15, -0.1) is 5.10 Å². The van der Waals surface area contributed by atoms with Crippen LogP contribution >= 0.6 is 12.8 Å². The molecule has 0 spiro atoms. The second kappa shape index (κ2) is 5.06. The fraction of sp³-hybridized carbons (Fsp3) is 0.500. The fourth-order valence-electron chi connectivity index (χ4n) is 2.71. The van der Waals surface area contributed by atoms with Gasteiger partial charge in [0.25, 0.3) is 0 Å². The van der Waals surface area contributed by atoms with E-state index in [1.165, 1.54) is 10.9 Å². The number of piperazine rings is 1. The van der Waals surface area contributed by atoms with E-state index in [0.29, 0.717) is 0 Å². The van der Waals surface area contributed by atoms with Crippen LogP contribution in [-0.2, 0) is 0 Å². The van der Waals surface area contributed by atoms with Crippen LogP contribution in [0.3, 0.4) is 0 Å². The lowest BCUT2D eigenvalue weighted by atomic mass is 10.1. The third kappa shape index (κ3) is 2.32. The van der Waals surface area contributed by atoms with Gasteiger partial charge in [-0.2, -0.15) is 0 Å². The number of benzene rings is 1. The predicted molar refractivity (Wildman–Crippen MR) is 83.2 cm³/mol. The molecule has 0 aliphatic carbocycles. The van der Waals surface area contributed by atoms with E-state index in [4.69, 9.17) is 0 Å². The van der Waals surface area contributed by atoms with Crippen molar-refractivity contribution in [1.29, 1.82) is 0 Å².